The molecule has 2 aliphatic heterocycles. The fourth-order valence-electron chi connectivity index (χ4n) is 7.19. The zero-order valence-electron chi connectivity index (χ0n) is 20.8. The summed E-state index contributed by atoms with van der Waals surface area (Å²) in [5.41, 5.74) is 2.58. The van der Waals surface area contributed by atoms with E-state index < -0.39 is 5.60 Å². The minimum absolute atomic E-state index is 0.115. The molecule has 6 nitrogen and oxygen atoms in total. The molecule has 186 valence electrons. The maximum Gasteiger partial charge on any atom is 0.222 e. The van der Waals surface area contributed by atoms with Crippen LogP contribution in [0.1, 0.15) is 55.2 Å². The summed E-state index contributed by atoms with van der Waals surface area (Å²) in [6, 6.07) is 10.5. The summed E-state index contributed by atoms with van der Waals surface area (Å²) < 4.78 is 5.61. The van der Waals surface area contributed by atoms with E-state index in [9.17, 15) is 9.90 Å². The summed E-state index contributed by atoms with van der Waals surface area (Å²) in [5, 5.41) is 12.6. The second-order valence-electron chi connectivity index (χ2n) is 11.2. The molecule has 1 aromatic carbocycles. The molecule has 3 fully saturated rings. The number of aliphatic hydroxyl groups is 1. The average molecular weight is 476 g/mol. The van der Waals surface area contributed by atoms with Gasteiger partial charge < -0.3 is 14.7 Å². The minimum atomic E-state index is -0.834. The molecule has 4 aliphatic rings. The van der Waals surface area contributed by atoms with Crippen LogP contribution in [0, 0.1) is 5.92 Å². The molecule has 0 radical (unpaired) electrons. The van der Waals surface area contributed by atoms with E-state index in [0.717, 1.165) is 56.0 Å². The topological polar surface area (TPSA) is 65.9 Å². The van der Waals surface area contributed by atoms with Gasteiger partial charge in [-0.3, -0.25) is 14.7 Å². The van der Waals surface area contributed by atoms with Gasteiger partial charge in [-0.15, -0.1) is 0 Å². The summed E-state index contributed by atoms with van der Waals surface area (Å²) in [6.45, 7) is 3.45. The van der Waals surface area contributed by atoms with E-state index in [2.05, 4.69) is 28.1 Å². The minimum Gasteiger partial charge on any atom is -0.497 e. The van der Waals surface area contributed by atoms with Crippen LogP contribution in [0.5, 0.6) is 5.75 Å². The lowest BCUT2D eigenvalue weighted by Gasteiger charge is -2.61. The van der Waals surface area contributed by atoms with Crippen LogP contribution in [0.4, 0.5) is 0 Å². The first-order valence-corrected chi connectivity index (χ1v) is 13.3. The van der Waals surface area contributed by atoms with Crippen molar-refractivity contribution in [1.29, 1.82) is 0 Å². The number of nitrogens with zero attached hydrogens (tertiary/aromatic N) is 3. The van der Waals surface area contributed by atoms with Crippen molar-refractivity contribution in [3.8, 4) is 5.75 Å². The van der Waals surface area contributed by atoms with Gasteiger partial charge in [-0.05, 0) is 98.4 Å². The van der Waals surface area contributed by atoms with Gasteiger partial charge in [0.15, 0.2) is 0 Å². The Morgan fingerprint density at radius 2 is 1.89 bits per heavy atom. The maximum absolute atomic E-state index is 13.3. The number of aromatic nitrogens is 1. The van der Waals surface area contributed by atoms with E-state index in [-0.39, 0.29) is 17.4 Å². The first kappa shape index (κ1) is 23.0. The first-order chi connectivity index (χ1) is 17.0. The van der Waals surface area contributed by atoms with E-state index in [1.807, 2.05) is 17.0 Å². The Hall–Kier alpha value is -2.44. The van der Waals surface area contributed by atoms with Gasteiger partial charge in [0.25, 0.3) is 0 Å². The number of fused-ring (bicyclic) bond motifs is 1. The van der Waals surface area contributed by atoms with Crippen LogP contribution in [0.15, 0.2) is 42.7 Å². The molecular weight excluding hydrogens is 438 g/mol. The Bertz CT molecular complexity index is 1090. The quantitative estimate of drug-likeness (QED) is 0.694. The van der Waals surface area contributed by atoms with Crippen LogP contribution in [0.2, 0.25) is 0 Å². The van der Waals surface area contributed by atoms with Crippen molar-refractivity contribution < 1.29 is 14.6 Å². The molecule has 1 saturated carbocycles. The molecule has 6 rings (SSSR count). The highest BCUT2D eigenvalue weighted by Gasteiger charge is 2.63. The standard InChI is InChI=1S/C29H37N3O3/c1-35-24-6-5-23-18-26-29(34)12-17-31(27(33)7-4-21-8-13-30-14-9-21)15-10-28(29,25(23)19-24)11-16-32(26)20-22-2-3-22/h5-6,8-9,13-14,19,22,26,34H,2-4,7,10-12,15-18,20H2,1H3. The summed E-state index contributed by atoms with van der Waals surface area (Å²) >= 11 is 0. The number of likely N-dealkylation sites (tertiary alicyclic amines) is 2. The lowest BCUT2D eigenvalue weighted by molar-refractivity contribution is -0.149. The van der Waals surface area contributed by atoms with Gasteiger partial charge in [-0.2, -0.15) is 0 Å². The molecule has 6 heteroatoms. The molecule has 3 heterocycles. The van der Waals surface area contributed by atoms with Crippen molar-refractivity contribution in [2.75, 3.05) is 33.3 Å². The molecule has 2 bridgehead atoms. The molecule has 3 unspecified atom stereocenters. The zero-order valence-corrected chi connectivity index (χ0v) is 20.8. The number of pyridine rings is 1. The molecule has 2 saturated heterocycles. The first-order valence-electron chi connectivity index (χ1n) is 13.3. The second-order valence-corrected chi connectivity index (χ2v) is 11.2. The third-order valence-electron chi connectivity index (χ3n) is 9.38. The van der Waals surface area contributed by atoms with Gasteiger partial charge in [0, 0.05) is 49.9 Å². The Kier molecular flexibility index (Phi) is 5.84. The zero-order chi connectivity index (χ0) is 24.0. The maximum atomic E-state index is 13.3. The van der Waals surface area contributed by atoms with Crippen LogP contribution < -0.4 is 4.74 Å². The van der Waals surface area contributed by atoms with Gasteiger partial charge in [0.2, 0.25) is 5.91 Å². The number of benzene rings is 1. The molecule has 1 N–H and O–H groups in total. The van der Waals surface area contributed by atoms with Crippen molar-refractivity contribution in [3.05, 3.63) is 59.4 Å². The molecular formula is C29H37N3O3. The SMILES string of the molecule is COc1ccc2c(c1)C13CCN(C(=O)CCc4ccncc4)CCC1(O)C(C2)N(CC1CC1)CC3. The Labute approximate surface area is 208 Å². The fourth-order valence-corrected chi connectivity index (χ4v) is 7.19. The molecule has 1 aromatic heterocycles. The lowest BCUT2D eigenvalue weighted by atomic mass is 9.52. The summed E-state index contributed by atoms with van der Waals surface area (Å²) in [7, 11) is 1.71. The monoisotopic (exact) mass is 475 g/mol. The highest BCUT2D eigenvalue weighted by molar-refractivity contribution is 5.76. The Morgan fingerprint density at radius 3 is 2.66 bits per heavy atom. The highest BCUT2D eigenvalue weighted by Crippen LogP contribution is 2.56. The van der Waals surface area contributed by atoms with Crippen LogP contribution in [-0.2, 0) is 23.1 Å². The predicted molar refractivity (Wildman–Crippen MR) is 134 cm³/mol. The summed E-state index contributed by atoms with van der Waals surface area (Å²) in [4.78, 5) is 22.0. The predicted octanol–water partition coefficient (Wildman–Crippen LogP) is 3.35. The van der Waals surface area contributed by atoms with Crippen molar-refractivity contribution in [2.45, 2.75) is 68.4 Å². The number of hydrogen-bond acceptors (Lipinski definition) is 5. The lowest BCUT2D eigenvalue weighted by Crippen LogP contribution is -2.71. The number of carbonyl (C=O) groups excluding carboxylic acids is 1. The Balaban J connectivity index is 1.30. The van der Waals surface area contributed by atoms with Crippen LogP contribution >= 0.6 is 0 Å². The molecule has 0 spiro atoms. The fraction of sp³-hybridized carbons (Fsp3) is 0.586. The number of methoxy groups -OCH3 is 1. The number of aryl methyl sites for hydroxylation is 1. The smallest absolute Gasteiger partial charge is 0.222 e. The molecule has 2 aromatic rings. The van der Waals surface area contributed by atoms with E-state index >= 15 is 0 Å². The third-order valence-corrected chi connectivity index (χ3v) is 9.38. The summed E-state index contributed by atoms with van der Waals surface area (Å²) in [6.07, 6.45) is 10.7. The Morgan fingerprint density at radius 1 is 1.11 bits per heavy atom. The normalized spacial score (nSPS) is 30.2. The number of carbonyl (C=O) groups is 1. The summed E-state index contributed by atoms with van der Waals surface area (Å²) in [5.74, 6) is 1.84. The van der Waals surface area contributed by atoms with Crippen molar-refractivity contribution in [3.63, 3.8) is 0 Å². The van der Waals surface area contributed by atoms with E-state index in [1.54, 1.807) is 19.5 Å². The number of hydrogen-bond donors (Lipinski definition) is 1. The van der Waals surface area contributed by atoms with Crippen molar-refractivity contribution in [2.24, 2.45) is 5.92 Å². The number of amides is 1. The van der Waals surface area contributed by atoms with Gasteiger partial charge in [-0.1, -0.05) is 6.07 Å². The van der Waals surface area contributed by atoms with Gasteiger partial charge >= 0.3 is 0 Å². The van der Waals surface area contributed by atoms with Gasteiger partial charge in [0.05, 0.1) is 12.7 Å². The van der Waals surface area contributed by atoms with Crippen LogP contribution in [0.3, 0.4) is 0 Å². The molecule has 35 heavy (non-hydrogen) atoms. The van der Waals surface area contributed by atoms with Gasteiger partial charge in [-0.25, -0.2) is 0 Å². The number of piperidine rings is 1. The highest BCUT2D eigenvalue weighted by atomic mass is 16.5. The third kappa shape index (κ3) is 3.95. The molecule has 2 aliphatic carbocycles. The van der Waals surface area contributed by atoms with E-state index in [0.29, 0.717) is 25.9 Å². The van der Waals surface area contributed by atoms with E-state index in [4.69, 9.17) is 4.74 Å². The number of rotatable bonds is 6. The van der Waals surface area contributed by atoms with Gasteiger partial charge in [0.1, 0.15) is 5.75 Å². The molecule has 1 amide bonds. The average Bonchev–Trinajstić information content (AvgIpc) is 3.71. The largest absolute Gasteiger partial charge is 0.497 e. The van der Waals surface area contributed by atoms with Crippen molar-refractivity contribution in [1.82, 2.24) is 14.8 Å². The van der Waals surface area contributed by atoms with Crippen molar-refractivity contribution >= 4 is 5.91 Å². The van der Waals surface area contributed by atoms with Crippen LogP contribution in [-0.4, -0.2) is 70.7 Å². The molecule has 3 atom stereocenters. The number of ether oxygens (including phenoxy) is 1. The van der Waals surface area contributed by atoms with E-state index in [1.165, 1.54) is 24.0 Å². The van der Waals surface area contributed by atoms with Crippen LogP contribution in [0.25, 0.3) is 0 Å². The second kappa shape index (κ2) is 8.90.